The molecule has 0 aliphatic rings. The van der Waals surface area contributed by atoms with Crippen molar-refractivity contribution in [3.05, 3.63) is 88.7 Å². The number of ether oxygens (including phenoxy) is 2. The number of rotatable bonds is 14. The molecule has 4 rings (SSSR count). The highest BCUT2D eigenvalue weighted by atomic mass is 35.5. The molecule has 0 spiro atoms. The Labute approximate surface area is 229 Å². The number of nitrogens with zero attached hydrogens (tertiary/aromatic N) is 2. The molecule has 0 bridgehead atoms. The molecule has 0 aliphatic carbocycles. The van der Waals surface area contributed by atoms with Crippen LogP contribution in [0.25, 0.3) is 11.0 Å². The van der Waals surface area contributed by atoms with Gasteiger partial charge in [0.1, 0.15) is 17.3 Å². The predicted octanol–water partition coefficient (Wildman–Crippen LogP) is 6.68. The molecule has 0 unspecified atom stereocenters. The Hall–Kier alpha value is -3.51. The van der Waals surface area contributed by atoms with E-state index >= 15 is 0 Å². The number of amides is 1. The minimum Gasteiger partial charge on any atom is -0.492 e. The van der Waals surface area contributed by atoms with Crippen molar-refractivity contribution in [3.8, 4) is 11.5 Å². The van der Waals surface area contributed by atoms with Crippen LogP contribution < -0.4 is 14.8 Å². The molecule has 3 aromatic carbocycles. The molecular weight excluding hydrogens is 498 g/mol. The van der Waals surface area contributed by atoms with Crippen molar-refractivity contribution in [2.45, 2.75) is 52.5 Å². The number of halogens is 1. The first-order chi connectivity index (χ1) is 18.5. The van der Waals surface area contributed by atoms with Crippen LogP contribution in [0.3, 0.4) is 0 Å². The van der Waals surface area contributed by atoms with Gasteiger partial charge in [-0.1, -0.05) is 54.4 Å². The summed E-state index contributed by atoms with van der Waals surface area (Å²) in [5.41, 5.74) is 4.31. The Morgan fingerprint density at radius 2 is 1.74 bits per heavy atom. The van der Waals surface area contributed by atoms with Gasteiger partial charge >= 0.3 is 0 Å². The normalized spacial score (nSPS) is 11.0. The van der Waals surface area contributed by atoms with Crippen LogP contribution in [-0.4, -0.2) is 35.2 Å². The van der Waals surface area contributed by atoms with Crippen molar-refractivity contribution < 1.29 is 14.3 Å². The van der Waals surface area contributed by atoms with Gasteiger partial charge in [-0.3, -0.25) is 4.79 Å². The van der Waals surface area contributed by atoms with Crippen molar-refractivity contribution in [3.63, 3.8) is 0 Å². The van der Waals surface area contributed by atoms with Crippen LogP contribution in [0.4, 0.5) is 0 Å². The summed E-state index contributed by atoms with van der Waals surface area (Å²) in [6, 6.07) is 21.8. The second-order valence-corrected chi connectivity index (χ2v) is 9.93. The number of fused-ring (bicyclic) bond motifs is 1. The lowest BCUT2D eigenvalue weighted by atomic mass is 10.1. The van der Waals surface area contributed by atoms with Crippen LogP contribution in [0.15, 0.2) is 66.7 Å². The van der Waals surface area contributed by atoms with E-state index in [2.05, 4.69) is 28.1 Å². The summed E-state index contributed by atoms with van der Waals surface area (Å²) in [7, 11) is 0. The number of imidazole rings is 1. The van der Waals surface area contributed by atoms with Crippen LogP contribution in [0, 0.1) is 13.8 Å². The maximum Gasteiger partial charge on any atom is 0.257 e. The topological polar surface area (TPSA) is 65.4 Å². The van der Waals surface area contributed by atoms with Gasteiger partial charge in [0.05, 0.1) is 22.7 Å². The number of hydrogen-bond acceptors (Lipinski definition) is 4. The van der Waals surface area contributed by atoms with E-state index < -0.39 is 0 Å². The third-order valence-electron chi connectivity index (χ3n) is 6.46. The number of benzene rings is 3. The van der Waals surface area contributed by atoms with Crippen molar-refractivity contribution in [2.75, 3.05) is 19.8 Å². The number of hydrogen-bond donors (Lipinski definition) is 1. The average molecular weight is 534 g/mol. The van der Waals surface area contributed by atoms with Gasteiger partial charge in [0.15, 0.2) is 6.61 Å². The minimum absolute atomic E-state index is 0.0362. The predicted molar refractivity (Wildman–Crippen MR) is 153 cm³/mol. The van der Waals surface area contributed by atoms with Gasteiger partial charge in [0.2, 0.25) is 0 Å². The van der Waals surface area contributed by atoms with Crippen LogP contribution in [0.1, 0.15) is 42.6 Å². The number of aromatic nitrogens is 2. The van der Waals surface area contributed by atoms with Gasteiger partial charge in [-0.2, -0.15) is 0 Å². The molecule has 0 radical (unpaired) electrons. The van der Waals surface area contributed by atoms with Gasteiger partial charge in [0.25, 0.3) is 5.91 Å². The summed E-state index contributed by atoms with van der Waals surface area (Å²) in [6.45, 7) is 6.09. The fourth-order valence-corrected chi connectivity index (χ4v) is 4.59. The lowest BCUT2D eigenvalue weighted by Crippen LogP contribution is -2.29. The molecule has 7 heteroatoms. The van der Waals surface area contributed by atoms with E-state index in [4.69, 9.17) is 26.1 Å². The van der Waals surface area contributed by atoms with Gasteiger partial charge in [-0.25, -0.2) is 4.98 Å². The molecule has 200 valence electrons. The highest BCUT2D eigenvalue weighted by molar-refractivity contribution is 6.32. The Kier molecular flexibility index (Phi) is 10.0. The average Bonchev–Trinajstić information content (AvgIpc) is 3.27. The molecule has 1 amide bonds. The second kappa shape index (κ2) is 13.9. The summed E-state index contributed by atoms with van der Waals surface area (Å²) in [6.07, 6.45) is 4.69. The van der Waals surface area contributed by atoms with Gasteiger partial charge in [-0.05, 0) is 74.6 Å². The third-order valence-corrected chi connectivity index (χ3v) is 6.77. The Morgan fingerprint density at radius 3 is 2.61 bits per heavy atom. The molecule has 1 N–H and O–H groups in total. The number of para-hydroxylation sites is 3. The molecule has 1 heterocycles. The first kappa shape index (κ1) is 27.5. The summed E-state index contributed by atoms with van der Waals surface area (Å²) in [5.74, 6) is 2.48. The smallest absolute Gasteiger partial charge is 0.257 e. The van der Waals surface area contributed by atoms with E-state index in [0.29, 0.717) is 23.9 Å². The second-order valence-electron chi connectivity index (χ2n) is 9.52. The zero-order valence-corrected chi connectivity index (χ0v) is 23.0. The summed E-state index contributed by atoms with van der Waals surface area (Å²) >= 11 is 6.20. The van der Waals surface area contributed by atoms with Gasteiger partial charge in [-0.15, -0.1) is 0 Å². The standard InChI is InChI=1S/C31H36ClN3O3/c1-23-16-17-24(2)29(21-23)38-22-31(36)33-18-9-3-4-15-30-34-26-12-6-7-13-27(26)35(30)19-10-20-37-28-14-8-5-11-25(28)32/h5-8,11-14,16-17,21H,3-4,9-10,15,18-20,22H2,1-2H3,(H,33,36). The molecule has 0 atom stereocenters. The maximum absolute atomic E-state index is 12.2. The fraction of sp³-hybridized carbons (Fsp3) is 0.355. The van der Waals surface area contributed by atoms with Crippen molar-refractivity contribution in [2.24, 2.45) is 0 Å². The van der Waals surface area contributed by atoms with Crippen molar-refractivity contribution in [1.29, 1.82) is 0 Å². The molecule has 0 saturated carbocycles. The Morgan fingerprint density at radius 1 is 0.921 bits per heavy atom. The van der Waals surface area contributed by atoms with E-state index in [1.807, 2.05) is 62.4 Å². The molecule has 1 aromatic heterocycles. The number of unbranched alkanes of at least 4 members (excludes halogenated alkanes) is 2. The summed E-state index contributed by atoms with van der Waals surface area (Å²) in [5, 5.41) is 3.59. The highest BCUT2D eigenvalue weighted by Crippen LogP contribution is 2.24. The fourth-order valence-electron chi connectivity index (χ4n) is 4.40. The minimum atomic E-state index is -0.0910. The van der Waals surface area contributed by atoms with E-state index in [-0.39, 0.29) is 12.5 Å². The SMILES string of the molecule is Cc1ccc(C)c(OCC(=O)NCCCCCc2nc3ccccc3n2CCCOc2ccccc2Cl)c1. The Bertz CT molecular complexity index is 1350. The lowest BCUT2D eigenvalue weighted by Gasteiger charge is -2.11. The first-order valence-electron chi connectivity index (χ1n) is 13.3. The van der Waals surface area contributed by atoms with Crippen LogP contribution in [0.5, 0.6) is 11.5 Å². The lowest BCUT2D eigenvalue weighted by molar-refractivity contribution is -0.123. The van der Waals surface area contributed by atoms with Crippen molar-refractivity contribution >= 4 is 28.5 Å². The maximum atomic E-state index is 12.2. The number of aryl methyl sites for hydroxylation is 4. The highest BCUT2D eigenvalue weighted by Gasteiger charge is 2.11. The molecule has 4 aromatic rings. The van der Waals surface area contributed by atoms with Crippen LogP contribution in [-0.2, 0) is 17.8 Å². The van der Waals surface area contributed by atoms with Gasteiger partial charge < -0.3 is 19.4 Å². The summed E-state index contributed by atoms with van der Waals surface area (Å²) in [4.78, 5) is 17.1. The third kappa shape index (κ3) is 7.75. The quantitative estimate of drug-likeness (QED) is 0.183. The molecule has 0 aliphatic heterocycles. The molecule has 6 nitrogen and oxygen atoms in total. The summed E-state index contributed by atoms with van der Waals surface area (Å²) < 4.78 is 13.9. The zero-order chi connectivity index (χ0) is 26.7. The molecule has 0 saturated heterocycles. The number of carbonyl (C=O) groups excluding carboxylic acids is 1. The monoisotopic (exact) mass is 533 g/mol. The molecular formula is C31H36ClN3O3. The molecule has 38 heavy (non-hydrogen) atoms. The van der Waals surface area contributed by atoms with Gasteiger partial charge in [0, 0.05) is 19.5 Å². The number of carbonyl (C=O) groups is 1. The number of nitrogens with one attached hydrogen (secondary N) is 1. The van der Waals surface area contributed by atoms with Crippen LogP contribution >= 0.6 is 11.6 Å². The van der Waals surface area contributed by atoms with Crippen LogP contribution in [0.2, 0.25) is 5.02 Å². The first-order valence-corrected chi connectivity index (χ1v) is 13.7. The van der Waals surface area contributed by atoms with E-state index in [1.54, 1.807) is 0 Å². The van der Waals surface area contributed by atoms with E-state index in [0.717, 1.165) is 72.4 Å². The largest absolute Gasteiger partial charge is 0.492 e. The Balaban J connectivity index is 1.19. The van der Waals surface area contributed by atoms with E-state index in [9.17, 15) is 4.79 Å². The zero-order valence-electron chi connectivity index (χ0n) is 22.2. The molecule has 0 fully saturated rings. The van der Waals surface area contributed by atoms with Crippen molar-refractivity contribution in [1.82, 2.24) is 14.9 Å². The van der Waals surface area contributed by atoms with E-state index in [1.165, 1.54) is 0 Å².